The molecule has 112 valence electrons. The summed E-state index contributed by atoms with van der Waals surface area (Å²) in [5, 5.41) is 9.46. The number of aliphatic hydroxyl groups is 1. The van der Waals surface area contributed by atoms with Crippen molar-refractivity contribution < 1.29 is 13.5 Å². The summed E-state index contributed by atoms with van der Waals surface area (Å²) in [6, 6.07) is 8.57. The molecule has 0 radical (unpaired) electrons. The van der Waals surface area contributed by atoms with Gasteiger partial charge in [0.1, 0.15) is 0 Å². The fourth-order valence-corrected chi connectivity index (χ4v) is 3.73. The maximum absolute atomic E-state index is 12.3. The quantitative estimate of drug-likeness (QED) is 0.861. The van der Waals surface area contributed by atoms with E-state index in [-0.39, 0.29) is 27.2 Å². The van der Waals surface area contributed by atoms with Gasteiger partial charge in [0.2, 0.25) is 0 Å². The van der Waals surface area contributed by atoms with Gasteiger partial charge in [-0.2, -0.15) is 0 Å². The fourth-order valence-electron chi connectivity index (χ4n) is 1.61. The highest BCUT2D eigenvalue weighted by Gasteiger charge is 2.18. The Morgan fingerprint density at radius 3 is 2.00 bits per heavy atom. The normalized spacial score (nSPS) is 11.4. The highest BCUT2D eigenvalue weighted by molar-refractivity contribution is 7.92. The number of hydrogen-bond acceptors (Lipinski definition) is 3. The van der Waals surface area contributed by atoms with Crippen LogP contribution in [0.4, 0.5) is 5.69 Å². The summed E-state index contributed by atoms with van der Waals surface area (Å²) >= 11 is 17.7. The summed E-state index contributed by atoms with van der Waals surface area (Å²) in [6.07, 6.45) is 0. The van der Waals surface area contributed by atoms with Crippen molar-refractivity contribution in [2.24, 2.45) is 0 Å². The van der Waals surface area contributed by atoms with Crippen molar-refractivity contribution in [2.75, 3.05) is 4.72 Å². The smallest absolute Gasteiger partial charge is 0.261 e. The van der Waals surface area contributed by atoms with Crippen LogP contribution in [0.3, 0.4) is 0 Å². The summed E-state index contributed by atoms with van der Waals surface area (Å²) in [7, 11) is -3.84. The first kappa shape index (κ1) is 16.4. The van der Waals surface area contributed by atoms with Crippen LogP contribution in [0.2, 0.25) is 15.1 Å². The van der Waals surface area contributed by atoms with Crippen molar-refractivity contribution in [3.8, 4) is 0 Å². The first-order valence-corrected chi connectivity index (χ1v) is 8.32. The molecule has 0 saturated heterocycles. The number of hydrogen-bond donors (Lipinski definition) is 2. The highest BCUT2D eigenvalue weighted by atomic mass is 35.5. The Bertz CT molecular complexity index is 738. The molecule has 0 atom stereocenters. The molecular formula is C13H10Cl3NO3S. The van der Waals surface area contributed by atoms with E-state index in [0.717, 1.165) is 0 Å². The van der Waals surface area contributed by atoms with Crippen molar-refractivity contribution in [1.82, 2.24) is 0 Å². The molecule has 4 nitrogen and oxygen atoms in total. The van der Waals surface area contributed by atoms with Crippen LogP contribution >= 0.6 is 34.8 Å². The second-order valence-corrected chi connectivity index (χ2v) is 7.09. The molecule has 2 N–H and O–H groups in total. The minimum atomic E-state index is -3.84. The Balaban J connectivity index is 2.37. The van der Waals surface area contributed by atoms with Crippen LogP contribution < -0.4 is 4.72 Å². The van der Waals surface area contributed by atoms with Crippen molar-refractivity contribution in [1.29, 1.82) is 0 Å². The lowest BCUT2D eigenvalue weighted by atomic mass is 10.2. The van der Waals surface area contributed by atoms with E-state index in [0.29, 0.717) is 10.6 Å². The van der Waals surface area contributed by atoms with Crippen LogP contribution in [0, 0.1) is 0 Å². The van der Waals surface area contributed by atoms with Gasteiger partial charge < -0.3 is 5.11 Å². The van der Waals surface area contributed by atoms with Crippen LogP contribution in [0.1, 0.15) is 5.56 Å². The lowest BCUT2D eigenvalue weighted by Crippen LogP contribution is -2.13. The number of nitrogens with one attached hydrogen (secondary N) is 1. The zero-order chi connectivity index (χ0) is 15.6. The van der Waals surface area contributed by atoms with E-state index in [1.807, 2.05) is 0 Å². The Kier molecular flexibility index (Phi) is 5.01. The summed E-state index contributed by atoms with van der Waals surface area (Å²) < 4.78 is 26.9. The molecule has 0 saturated carbocycles. The number of sulfonamides is 1. The van der Waals surface area contributed by atoms with E-state index in [1.54, 1.807) is 0 Å². The van der Waals surface area contributed by atoms with Crippen molar-refractivity contribution in [2.45, 2.75) is 11.5 Å². The molecule has 2 aromatic rings. The molecule has 2 rings (SSSR count). The van der Waals surface area contributed by atoms with Gasteiger partial charge in [-0.3, -0.25) is 4.72 Å². The molecule has 0 aliphatic carbocycles. The molecule has 21 heavy (non-hydrogen) atoms. The van der Waals surface area contributed by atoms with Crippen molar-refractivity contribution in [3.05, 3.63) is 57.0 Å². The zero-order valence-corrected chi connectivity index (χ0v) is 13.6. The predicted molar refractivity (Wildman–Crippen MR) is 84.6 cm³/mol. The highest BCUT2D eigenvalue weighted by Crippen LogP contribution is 2.35. The van der Waals surface area contributed by atoms with Gasteiger partial charge in [0.15, 0.2) is 0 Å². The lowest BCUT2D eigenvalue weighted by Gasteiger charge is -2.12. The minimum Gasteiger partial charge on any atom is -0.392 e. The molecule has 8 heteroatoms. The minimum absolute atomic E-state index is 0.0294. The Morgan fingerprint density at radius 2 is 1.52 bits per heavy atom. The average molecular weight is 367 g/mol. The van der Waals surface area contributed by atoms with Crippen LogP contribution in [-0.2, 0) is 16.6 Å². The largest absolute Gasteiger partial charge is 0.392 e. The number of benzene rings is 2. The predicted octanol–water partition coefficient (Wildman–Crippen LogP) is 3.94. The maximum Gasteiger partial charge on any atom is 0.261 e. The zero-order valence-electron chi connectivity index (χ0n) is 10.5. The summed E-state index contributed by atoms with van der Waals surface area (Å²) in [5.74, 6) is 0. The molecule has 0 fully saturated rings. The SMILES string of the molecule is O=S(=O)(Nc1c(Cl)cc(Cl)cc1Cl)c1ccc(CO)cc1. The number of halogens is 3. The summed E-state index contributed by atoms with van der Waals surface area (Å²) in [4.78, 5) is 0.0294. The third kappa shape index (κ3) is 3.81. The second-order valence-electron chi connectivity index (χ2n) is 4.15. The van der Waals surface area contributed by atoms with E-state index < -0.39 is 10.0 Å². The third-order valence-corrected chi connectivity index (χ3v) is 4.84. The van der Waals surface area contributed by atoms with Gasteiger partial charge in [-0.1, -0.05) is 46.9 Å². The van der Waals surface area contributed by atoms with E-state index in [4.69, 9.17) is 39.9 Å². The molecule has 2 aromatic carbocycles. The summed E-state index contributed by atoms with van der Waals surface area (Å²) in [5.41, 5.74) is 0.672. The molecule has 0 heterocycles. The molecule has 0 unspecified atom stereocenters. The van der Waals surface area contributed by atoms with E-state index in [9.17, 15) is 8.42 Å². The van der Waals surface area contributed by atoms with Gasteiger partial charge in [-0.25, -0.2) is 8.42 Å². The first-order valence-electron chi connectivity index (χ1n) is 5.70. The van der Waals surface area contributed by atoms with E-state index >= 15 is 0 Å². The molecule has 0 bridgehead atoms. The van der Waals surface area contributed by atoms with Crippen LogP contribution in [0.15, 0.2) is 41.3 Å². The van der Waals surface area contributed by atoms with E-state index in [1.165, 1.54) is 36.4 Å². The van der Waals surface area contributed by atoms with Crippen LogP contribution in [0.25, 0.3) is 0 Å². The summed E-state index contributed by atoms with van der Waals surface area (Å²) in [6.45, 7) is -0.164. The first-order chi connectivity index (χ1) is 9.83. The van der Waals surface area contributed by atoms with Crippen LogP contribution in [-0.4, -0.2) is 13.5 Å². The van der Waals surface area contributed by atoms with Gasteiger partial charge in [-0.05, 0) is 29.8 Å². The molecule has 0 aromatic heterocycles. The van der Waals surface area contributed by atoms with Gasteiger partial charge in [0.25, 0.3) is 10.0 Å². The maximum atomic E-state index is 12.3. The van der Waals surface area contributed by atoms with E-state index in [2.05, 4.69) is 4.72 Å². The van der Waals surface area contributed by atoms with Gasteiger partial charge in [0, 0.05) is 5.02 Å². The van der Waals surface area contributed by atoms with Crippen LogP contribution in [0.5, 0.6) is 0 Å². The lowest BCUT2D eigenvalue weighted by molar-refractivity contribution is 0.282. The Labute approximate surface area is 137 Å². The van der Waals surface area contributed by atoms with Gasteiger partial charge in [0.05, 0.1) is 27.2 Å². The average Bonchev–Trinajstić information content (AvgIpc) is 2.43. The molecule has 0 amide bonds. The molecule has 0 aliphatic rings. The number of rotatable bonds is 4. The fraction of sp³-hybridized carbons (Fsp3) is 0.0769. The van der Waals surface area contributed by atoms with Crippen molar-refractivity contribution in [3.63, 3.8) is 0 Å². The Hall–Kier alpha value is -0.980. The molecular weight excluding hydrogens is 357 g/mol. The topological polar surface area (TPSA) is 66.4 Å². The van der Waals surface area contributed by atoms with Gasteiger partial charge >= 0.3 is 0 Å². The third-order valence-electron chi connectivity index (χ3n) is 2.66. The van der Waals surface area contributed by atoms with Crippen molar-refractivity contribution >= 4 is 50.5 Å². The molecule has 0 spiro atoms. The number of anilines is 1. The number of aliphatic hydroxyl groups excluding tert-OH is 1. The monoisotopic (exact) mass is 365 g/mol. The van der Waals surface area contributed by atoms with Gasteiger partial charge in [-0.15, -0.1) is 0 Å². The Morgan fingerprint density at radius 1 is 1.00 bits per heavy atom. The molecule has 0 aliphatic heterocycles. The second kappa shape index (κ2) is 6.42. The standard InChI is InChI=1S/C13H10Cl3NO3S/c14-9-5-11(15)13(12(16)6-9)17-21(19,20)10-3-1-8(7-18)2-4-10/h1-6,17-18H,7H2.